The molecular formula is C21H19N3O4S. The van der Waals surface area contributed by atoms with Gasteiger partial charge >= 0.3 is 5.97 Å². The standard InChI is InChI=1S/C21H19N3O4S/c25-19(26)13-18-20(27)23-21(29-18)24-22-14-16-8-4-10-17(12-16)28-11-5-9-15-6-2-1-3-7-15/h1-10,12,14,18H,11,13H2,(H,25,26)(H,23,24,27). The van der Waals surface area contributed by atoms with Crippen LogP contribution >= 0.6 is 11.8 Å². The number of nitrogens with zero attached hydrogens (tertiary/aromatic N) is 2. The van der Waals surface area contributed by atoms with Gasteiger partial charge in [0.25, 0.3) is 0 Å². The fourth-order valence-corrected chi connectivity index (χ4v) is 3.39. The molecule has 2 aromatic carbocycles. The zero-order valence-electron chi connectivity index (χ0n) is 15.4. The predicted octanol–water partition coefficient (Wildman–Crippen LogP) is 3.18. The Hall–Kier alpha value is -3.39. The van der Waals surface area contributed by atoms with Gasteiger partial charge in [0, 0.05) is 0 Å². The molecule has 1 aliphatic heterocycles. The number of nitrogens with one attached hydrogen (secondary N) is 1. The van der Waals surface area contributed by atoms with Crippen molar-refractivity contribution in [2.45, 2.75) is 11.7 Å². The van der Waals surface area contributed by atoms with Crippen molar-refractivity contribution in [1.29, 1.82) is 0 Å². The van der Waals surface area contributed by atoms with Crippen LogP contribution in [0.1, 0.15) is 17.5 Å². The Bertz CT molecular complexity index is 957. The maximum atomic E-state index is 11.7. The molecule has 1 unspecified atom stereocenters. The van der Waals surface area contributed by atoms with Gasteiger partial charge in [-0.3, -0.25) is 9.59 Å². The van der Waals surface area contributed by atoms with E-state index in [4.69, 9.17) is 9.84 Å². The topological polar surface area (TPSA) is 100 Å². The number of rotatable bonds is 8. The smallest absolute Gasteiger partial charge is 0.305 e. The summed E-state index contributed by atoms with van der Waals surface area (Å²) in [6, 6.07) is 17.3. The molecule has 148 valence electrons. The molecule has 1 amide bonds. The molecule has 0 saturated carbocycles. The minimum atomic E-state index is -1.03. The van der Waals surface area contributed by atoms with Gasteiger partial charge in [0.15, 0.2) is 5.17 Å². The van der Waals surface area contributed by atoms with E-state index in [9.17, 15) is 9.59 Å². The molecule has 0 aromatic heterocycles. The van der Waals surface area contributed by atoms with E-state index in [1.54, 1.807) is 0 Å². The highest BCUT2D eigenvalue weighted by atomic mass is 32.2. The van der Waals surface area contributed by atoms with E-state index in [-0.39, 0.29) is 17.5 Å². The van der Waals surface area contributed by atoms with Crippen LogP contribution < -0.4 is 10.1 Å². The van der Waals surface area contributed by atoms with E-state index in [2.05, 4.69) is 15.5 Å². The fraction of sp³-hybridized carbons (Fsp3) is 0.143. The van der Waals surface area contributed by atoms with Gasteiger partial charge < -0.3 is 15.2 Å². The monoisotopic (exact) mass is 409 g/mol. The molecule has 1 atom stereocenters. The summed E-state index contributed by atoms with van der Waals surface area (Å²) in [5.41, 5.74) is 1.90. The van der Waals surface area contributed by atoms with Crippen LogP contribution in [0, 0.1) is 0 Å². The molecule has 3 rings (SSSR count). The summed E-state index contributed by atoms with van der Waals surface area (Å²) >= 11 is 1.06. The number of carbonyl (C=O) groups excluding carboxylic acids is 1. The van der Waals surface area contributed by atoms with Gasteiger partial charge in [0.05, 0.1) is 12.6 Å². The van der Waals surface area contributed by atoms with Gasteiger partial charge in [-0.25, -0.2) is 0 Å². The zero-order valence-corrected chi connectivity index (χ0v) is 16.2. The molecular weight excluding hydrogens is 390 g/mol. The normalized spacial score (nSPS) is 17.9. The fourth-order valence-electron chi connectivity index (χ4n) is 2.47. The van der Waals surface area contributed by atoms with Crippen LogP contribution in [0.5, 0.6) is 5.75 Å². The van der Waals surface area contributed by atoms with Crippen LogP contribution in [-0.4, -0.2) is 40.2 Å². The van der Waals surface area contributed by atoms with Crippen molar-refractivity contribution in [3.05, 3.63) is 71.8 Å². The third-order valence-corrected chi connectivity index (χ3v) is 4.88. The molecule has 2 aromatic rings. The molecule has 29 heavy (non-hydrogen) atoms. The lowest BCUT2D eigenvalue weighted by molar-refractivity contribution is -0.138. The van der Waals surface area contributed by atoms with E-state index >= 15 is 0 Å². The number of hydrogen-bond donors (Lipinski definition) is 2. The van der Waals surface area contributed by atoms with Crippen LogP contribution in [-0.2, 0) is 9.59 Å². The highest BCUT2D eigenvalue weighted by Gasteiger charge is 2.32. The van der Waals surface area contributed by atoms with Crippen LogP contribution in [0.4, 0.5) is 0 Å². The highest BCUT2D eigenvalue weighted by Crippen LogP contribution is 2.22. The van der Waals surface area contributed by atoms with E-state index in [1.165, 1.54) is 6.21 Å². The van der Waals surface area contributed by atoms with E-state index < -0.39 is 11.2 Å². The molecule has 1 aliphatic rings. The largest absolute Gasteiger partial charge is 0.490 e. The van der Waals surface area contributed by atoms with Crippen molar-refractivity contribution in [3.8, 4) is 5.75 Å². The number of carbonyl (C=O) groups is 2. The summed E-state index contributed by atoms with van der Waals surface area (Å²) in [4.78, 5) is 22.4. The first-order valence-corrected chi connectivity index (χ1v) is 9.73. The predicted molar refractivity (Wildman–Crippen MR) is 114 cm³/mol. The average Bonchev–Trinajstić information content (AvgIpc) is 3.05. The van der Waals surface area contributed by atoms with Gasteiger partial charge in [-0.15, -0.1) is 5.10 Å². The van der Waals surface area contributed by atoms with Gasteiger partial charge in [0.1, 0.15) is 17.6 Å². The van der Waals surface area contributed by atoms with Crippen molar-refractivity contribution in [3.63, 3.8) is 0 Å². The van der Waals surface area contributed by atoms with Crippen molar-refractivity contribution in [2.24, 2.45) is 10.2 Å². The molecule has 0 spiro atoms. The number of carboxylic acid groups (broad SMARTS) is 1. The number of aliphatic carboxylic acids is 1. The second-order valence-electron chi connectivity index (χ2n) is 6.04. The highest BCUT2D eigenvalue weighted by molar-refractivity contribution is 8.15. The van der Waals surface area contributed by atoms with Crippen molar-refractivity contribution in [2.75, 3.05) is 6.61 Å². The second kappa shape index (κ2) is 10.2. The molecule has 1 heterocycles. The van der Waals surface area contributed by atoms with Crippen molar-refractivity contribution in [1.82, 2.24) is 5.32 Å². The second-order valence-corrected chi connectivity index (χ2v) is 7.23. The molecule has 1 fully saturated rings. The summed E-state index contributed by atoms with van der Waals surface area (Å²) in [6.45, 7) is 0.436. The molecule has 0 radical (unpaired) electrons. The van der Waals surface area contributed by atoms with Crippen LogP contribution in [0.2, 0.25) is 0 Å². The SMILES string of the molecule is O=C(O)CC1SC(=NN=Cc2cccc(OCC=Cc3ccccc3)c2)NC1=O. The van der Waals surface area contributed by atoms with Crippen LogP contribution in [0.25, 0.3) is 6.08 Å². The third kappa shape index (κ3) is 6.62. The summed E-state index contributed by atoms with van der Waals surface area (Å²) in [5, 5.41) is 18.8. The number of thioether (sulfide) groups is 1. The number of ether oxygens (including phenoxy) is 1. The molecule has 1 saturated heterocycles. The summed E-state index contributed by atoms with van der Waals surface area (Å²) in [7, 11) is 0. The lowest BCUT2D eigenvalue weighted by atomic mass is 10.2. The number of benzene rings is 2. The maximum absolute atomic E-state index is 11.7. The molecule has 0 aliphatic carbocycles. The van der Waals surface area contributed by atoms with E-state index in [0.29, 0.717) is 12.4 Å². The average molecular weight is 409 g/mol. The Labute approximate surface area is 172 Å². The Kier molecular flexibility index (Phi) is 7.18. The van der Waals surface area contributed by atoms with Crippen molar-refractivity contribution < 1.29 is 19.4 Å². The number of hydrogen-bond acceptors (Lipinski definition) is 6. The first kappa shape index (κ1) is 20.3. The minimum absolute atomic E-state index is 0.253. The lowest BCUT2D eigenvalue weighted by Crippen LogP contribution is -2.26. The quantitative estimate of drug-likeness (QED) is 0.515. The zero-order chi connectivity index (χ0) is 20.5. The first-order chi connectivity index (χ1) is 14.1. The number of amidine groups is 1. The minimum Gasteiger partial charge on any atom is -0.490 e. The summed E-state index contributed by atoms with van der Waals surface area (Å²) in [5.74, 6) is -0.701. The van der Waals surface area contributed by atoms with Gasteiger partial charge in [-0.2, -0.15) is 5.10 Å². The molecule has 8 heteroatoms. The van der Waals surface area contributed by atoms with Crippen LogP contribution in [0.15, 0.2) is 70.9 Å². The Morgan fingerprint density at radius 2 is 1.97 bits per heavy atom. The first-order valence-electron chi connectivity index (χ1n) is 8.85. The summed E-state index contributed by atoms with van der Waals surface area (Å²) in [6.07, 6.45) is 5.22. The van der Waals surface area contributed by atoms with E-state index in [1.807, 2.05) is 66.7 Å². The van der Waals surface area contributed by atoms with Crippen molar-refractivity contribution >= 4 is 41.1 Å². The summed E-state index contributed by atoms with van der Waals surface area (Å²) < 4.78 is 5.71. The van der Waals surface area contributed by atoms with E-state index in [0.717, 1.165) is 22.9 Å². The molecule has 2 N–H and O–H groups in total. The third-order valence-electron chi connectivity index (χ3n) is 3.81. The Morgan fingerprint density at radius 3 is 2.76 bits per heavy atom. The van der Waals surface area contributed by atoms with Gasteiger partial charge in [-0.05, 0) is 29.3 Å². The molecule has 7 nitrogen and oxygen atoms in total. The lowest BCUT2D eigenvalue weighted by Gasteiger charge is -2.03. The van der Waals surface area contributed by atoms with Crippen LogP contribution in [0.3, 0.4) is 0 Å². The number of carboxylic acids is 1. The van der Waals surface area contributed by atoms with Gasteiger partial charge in [-0.1, -0.05) is 60.3 Å². The van der Waals surface area contributed by atoms with Gasteiger partial charge in [0.2, 0.25) is 5.91 Å². The number of amides is 1. The Morgan fingerprint density at radius 1 is 1.17 bits per heavy atom. The Balaban J connectivity index is 1.52. The molecule has 0 bridgehead atoms. The maximum Gasteiger partial charge on any atom is 0.305 e.